The summed E-state index contributed by atoms with van der Waals surface area (Å²) in [5.41, 5.74) is 11.0. The van der Waals surface area contributed by atoms with Gasteiger partial charge in [0.2, 0.25) is 0 Å². The molecule has 3 rings (SSSR count). The summed E-state index contributed by atoms with van der Waals surface area (Å²) in [6.07, 6.45) is 4.93. The molecule has 1 aromatic carbocycles. The van der Waals surface area contributed by atoms with E-state index in [0.717, 1.165) is 6.42 Å². The summed E-state index contributed by atoms with van der Waals surface area (Å²) in [4.78, 5) is 0. The molecule has 1 aliphatic carbocycles. The van der Waals surface area contributed by atoms with Crippen LogP contribution in [-0.2, 0) is 19.3 Å². The summed E-state index contributed by atoms with van der Waals surface area (Å²) in [5.74, 6) is 3.80. The van der Waals surface area contributed by atoms with Gasteiger partial charge in [0.1, 0.15) is 0 Å². The number of thioether (sulfide) groups is 2. The Balaban J connectivity index is 1.64. The number of aryl methyl sites for hydroxylation is 2. The molecule has 0 spiro atoms. The first-order valence-corrected chi connectivity index (χ1v) is 9.09. The van der Waals surface area contributed by atoms with Crippen LogP contribution in [0.3, 0.4) is 0 Å². The number of fused-ring (bicyclic) bond motifs is 1. The van der Waals surface area contributed by atoms with Crippen LogP contribution in [0.5, 0.6) is 0 Å². The second kappa shape index (κ2) is 5.89. The van der Waals surface area contributed by atoms with Crippen LogP contribution in [0.4, 0.5) is 0 Å². The highest BCUT2D eigenvalue weighted by Gasteiger charge is 2.22. The van der Waals surface area contributed by atoms with Gasteiger partial charge in [-0.1, -0.05) is 18.2 Å². The highest BCUT2D eigenvalue weighted by atomic mass is 32.2. The fourth-order valence-electron chi connectivity index (χ4n) is 2.91. The zero-order valence-electron chi connectivity index (χ0n) is 10.7. The molecule has 2 aliphatic rings. The van der Waals surface area contributed by atoms with Crippen molar-refractivity contribution in [1.82, 2.24) is 0 Å². The van der Waals surface area contributed by atoms with Crippen LogP contribution in [0.25, 0.3) is 0 Å². The maximum absolute atomic E-state index is 6.39. The first-order chi connectivity index (χ1) is 8.83. The van der Waals surface area contributed by atoms with Crippen molar-refractivity contribution < 1.29 is 0 Å². The minimum absolute atomic E-state index is 0.322. The van der Waals surface area contributed by atoms with Gasteiger partial charge in [0, 0.05) is 28.6 Å². The second-order valence-corrected chi connectivity index (χ2v) is 7.81. The molecule has 0 bridgehead atoms. The van der Waals surface area contributed by atoms with E-state index in [1.807, 2.05) is 0 Å². The van der Waals surface area contributed by atoms with E-state index in [1.54, 1.807) is 11.1 Å². The number of hydrogen-bond donors (Lipinski definition) is 1. The van der Waals surface area contributed by atoms with Crippen LogP contribution in [-0.4, -0.2) is 28.6 Å². The van der Waals surface area contributed by atoms with Gasteiger partial charge >= 0.3 is 0 Å². The van der Waals surface area contributed by atoms with E-state index in [-0.39, 0.29) is 0 Å². The Kier molecular flexibility index (Phi) is 4.22. The van der Waals surface area contributed by atoms with Crippen molar-refractivity contribution in [3.63, 3.8) is 0 Å². The Bertz CT molecular complexity index is 413. The van der Waals surface area contributed by atoms with Crippen molar-refractivity contribution in [2.24, 2.45) is 5.73 Å². The molecule has 1 heterocycles. The number of nitrogens with two attached hydrogens (primary N) is 1. The van der Waals surface area contributed by atoms with E-state index >= 15 is 0 Å². The van der Waals surface area contributed by atoms with Gasteiger partial charge in [0.15, 0.2) is 0 Å². The molecule has 0 saturated carbocycles. The lowest BCUT2D eigenvalue weighted by Crippen LogP contribution is -2.38. The van der Waals surface area contributed by atoms with E-state index in [9.17, 15) is 0 Å². The molecule has 18 heavy (non-hydrogen) atoms. The molecular formula is C15H21NS2. The highest BCUT2D eigenvalue weighted by Crippen LogP contribution is 2.28. The molecule has 98 valence electrons. The molecule has 2 N–H and O–H groups in total. The summed E-state index contributed by atoms with van der Waals surface area (Å²) < 4.78 is 0. The van der Waals surface area contributed by atoms with Gasteiger partial charge in [-0.05, 0) is 42.4 Å². The zero-order chi connectivity index (χ0) is 12.4. The SMILES string of the molecule is NC(Cc1ccc2c(c1)CCC2)C1CSCCS1. The Labute approximate surface area is 118 Å². The number of benzene rings is 1. The zero-order valence-corrected chi connectivity index (χ0v) is 12.4. The number of rotatable bonds is 3. The van der Waals surface area contributed by atoms with Crippen LogP contribution in [0.2, 0.25) is 0 Å². The maximum Gasteiger partial charge on any atom is 0.0293 e. The molecule has 0 amide bonds. The van der Waals surface area contributed by atoms with Crippen molar-refractivity contribution in [2.45, 2.75) is 37.0 Å². The summed E-state index contributed by atoms with van der Waals surface area (Å²) >= 11 is 4.13. The van der Waals surface area contributed by atoms with Crippen LogP contribution < -0.4 is 5.73 Å². The van der Waals surface area contributed by atoms with Gasteiger partial charge in [-0.2, -0.15) is 23.5 Å². The van der Waals surface area contributed by atoms with E-state index in [4.69, 9.17) is 5.73 Å². The maximum atomic E-state index is 6.39. The Morgan fingerprint density at radius 1 is 1.22 bits per heavy atom. The van der Waals surface area contributed by atoms with Gasteiger partial charge in [-0.15, -0.1) is 0 Å². The Morgan fingerprint density at radius 3 is 2.94 bits per heavy atom. The van der Waals surface area contributed by atoms with Gasteiger partial charge in [0.25, 0.3) is 0 Å². The predicted molar refractivity (Wildman–Crippen MR) is 83.7 cm³/mol. The van der Waals surface area contributed by atoms with Gasteiger partial charge in [-0.25, -0.2) is 0 Å². The lowest BCUT2D eigenvalue weighted by atomic mass is 10.00. The molecule has 1 fully saturated rings. The lowest BCUT2D eigenvalue weighted by molar-refractivity contribution is 0.663. The summed E-state index contributed by atoms with van der Waals surface area (Å²) in [6.45, 7) is 0. The second-order valence-electron chi connectivity index (χ2n) is 5.31. The third-order valence-electron chi connectivity index (χ3n) is 3.95. The Morgan fingerprint density at radius 2 is 2.11 bits per heavy atom. The third-order valence-corrected chi connectivity index (χ3v) is 6.89. The molecule has 1 aromatic rings. The normalized spacial score (nSPS) is 24.8. The van der Waals surface area contributed by atoms with Gasteiger partial charge in [0.05, 0.1) is 0 Å². The van der Waals surface area contributed by atoms with Crippen molar-refractivity contribution in [1.29, 1.82) is 0 Å². The minimum Gasteiger partial charge on any atom is -0.326 e. The molecule has 2 atom stereocenters. The molecule has 1 nitrogen and oxygen atoms in total. The van der Waals surface area contributed by atoms with Crippen LogP contribution in [0.1, 0.15) is 23.1 Å². The van der Waals surface area contributed by atoms with Crippen molar-refractivity contribution in [3.05, 3.63) is 34.9 Å². The van der Waals surface area contributed by atoms with Crippen molar-refractivity contribution >= 4 is 23.5 Å². The molecule has 2 unspecified atom stereocenters. The van der Waals surface area contributed by atoms with E-state index in [1.165, 1.54) is 42.1 Å². The lowest BCUT2D eigenvalue weighted by Gasteiger charge is -2.26. The Hall–Kier alpha value is -0.120. The summed E-state index contributed by atoms with van der Waals surface area (Å²) in [5, 5.41) is 0.650. The smallest absolute Gasteiger partial charge is 0.0293 e. The van der Waals surface area contributed by atoms with E-state index in [2.05, 4.69) is 41.7 Å². The largest absolute Gasteiger partial charge is 0.326 e. The molecular weight excluding hydrogens is 258 g/mol. The van der Waals surface area contributed by atoms with Crippen molar-refractivity contribution in [2.75, 3.05) is 17.3 Å². The van der Waals surface area contributed by atoms with Crippen LogP contribution in [0, 0.1) is 0 Å². The standard InChI is InChI=1S/C15H21NS2/c16-14(15-10-17-6-7-18-15)9-11-4-5-12-2-1-3-13(12)8-11/h4-5,8,14-15H,1-3,6-7,9-10,16H2. The van der Waals surface area contributed by atoms with Crippen LogP contribution >= 0.6 is 23.5 Å². The van der Waals surface area contributed by atoms with Crippen LogP contribution in [0.15, 0.2) is 18.2 Å². The monoisotopic (exact) mass is 279 g/mol. The molecule has 1 saturated heterocycles. The number of hydrogen-bond acceptors (Lipinski definition) is 3. The molecule has 0 radical (unpaired) electrons. The van der Waals surface area contributed by atoms with E-state index < -0.39 is 0 Å². The average molecular weight is 279 g/mol. The highest BCUT2D eigenvalue weighted by molar-refractivity contribution is 8.06. The first kappa shape index (κ1) is 12.9. The molecule has 1 aliphatic heterocycles. The topological polar surface area (TPSA) is 26.0 Å². The third kappa shape index (κ3) is 2.89. The fourth-order valence-corrected chi connectivity index (χ4v) is 5.73. The average Bonchev–Trinajstić information content (AvgIpc) is 2.87. The minimum atomic E-state index is 0.322. The van der Waals surface area contributed by atoms with Gasteiger partial charge in [-0.3, -0.25) is 0 Å². The fraction of sp³-hybridized carbons (Fsp3) is 0.600. The van der Waals surface area contributed by atoms with Crippen molar-refractivity contribution in [3.8, 4) is 0 Å². The molecule has 0 aromatic heterocycles. The predicted octanol–water partition coefficient (Wildman–Crippen LogP) is 2.89. The summed E-state index contributed by atoms with van der Waals surface area (Å²) in [6, 6.07) is 7.35. The first-order valence-electron chi connectivity index (χ1n) is 6.88. The quantitative estimate of drug-likeness (QED) is 0.921. The van der Waals surface area contributed by atoms with E-state index in [0.29, 0.717) is 11.3 Å². The van der Waals surface area contributed by atoms with Gasteiger partial charge < -0.3 is 5.73 Å². The summed E-state index contributed by atoms with van der Waals surface area (Å²) in [7, 11) is 0. The molecule has 3 heteroatoms.